The van der Waals surface area contributed by atoms with Gasteiger partial charge in [-0.15, -0.1) is 0 Å². The number of carbonyl (C=O) groups is 1. The van der Waals surface area contributed by atoms with E-state index in [9.17, 15) is 4.79 Å². The second kappa shape index (κ2) is 5.80. The van der Waals surface area contributed by atoms with Crippen molar-refractivity contribution < 1.29 is 4.79 Å². The Morgan fingerprint density at radius 1 is 1.61 bits per heavy atom. The van der Waals surface area contributed by atoms with Gasteiger partial charge in [0.25, 0.3) is 5.91 Å². The summed E-state index contributed by atoms with van der Waals surface area (Å²) in [6.07, 6.45) is 5.81. The van der Waals surface area contributed by atoms with Crippen LogP contribution in [-0.4, -0.2) is 41.5 Å². The highest BCUT2D eigenvalue weighted by Crippen LogP contribution is 2.26. The molecule has 1 aliphatic carbocycles. The van der Waals surface area contributed by atoms with Gasteiger partial charge >= 0.3 is 0 Å². The molecule has 1 aliphatic rings. The van der Waals surface area contributed by atoms with E-state index < -0.39 is 0 Å². The Kier molecular flexibility index (Phi) is 4.35. The van der Waals surface area contributed by atoms with Crippen LogP contribution < -0.4 is 5.32 Å². The Bertz CT molecular complexity index is 434. The Morgan fingerprint density at radius 3 is 2.94 bits per heavy atom. The molecule has 5 heteroatoms. The van der Waals surface area contributed by atoms with E-state index >= 15 is 0 Å². The van der Waals surface area contributed by atoms with Crippen LogP contribution in [0.2, 0.25) is 0 Å². The van der Waals surface area contributed by atoms with Gasteiger partial charge in [0, 0.05) is 35.5 Å². The van der Waals surface area contributed by atoms with Crippen molar-refractivity contribution in [3.05, 3.63) is 28.5 Å². The van der Waals surface area contributed by atoms with E-state index in [2.05, 4.69) is 45.1 Å². The SMILES string of the molecule is C[C@@H](CNC(=O)c1cncc(Br)c1)N(C)C1CC1. The fourth-order valence-electron chi connectivity index (χ4n) is 1.86. The molecule has 1 aromatic heterocycles. The van der Waals surface area contributed by atoms with E-state index in [1.807, 2.05) is 0 Å². The van der Waals surface area contributed by atoms with Gasteiger partial charge in [0.1, 0.15) is 0 Å². The minimum absolute atomic E-state index is 0.0696. The number of pyridine rings is 1. The number of hydrogen-bond donors (Lipinski definition) is 1. The van der Waals surface area contributed by atoms with Gasteiger partial charge in [-0.2, -0.15) is 0 Å². The highest BCUT2D eigenvalue weighted by Gasteiger charge is 2.29. The van der Waals surface area contributed by atoms with Crippen LogP contribution in [0.15, 0.2) is 22.9 Å². The molecule has 4 nitrogen and oxygen atoms in total. The third-order valence-corrected chi connectivity index (χ3v) is 3.78. The fraction of sp³-hybridized carbons (Fsp3) is 0.538. The van der Waals surface area contributed by atoms with E-state index in [4.69, 9.17) is 0 Å². The zero-order valence-corrected chi connectivity index (χ0v) is 12.3. The monoisotopic (exact) mass is 311 g/mol. The minimum atomic E-state index is -0.0696. The van der Waals surface area contributed by atoms with E-state index in [0.29, 0.717) is 24.2 Å². The molecule has 0 bridgehead atoms. The summed E-state index contributed by atoms with van der Waals surface area (Å²) in [5.74, 6) is -0.0696. The lowest BCUT2D eigenvalue weighted by atomic mass is 10.2. The summed E-state index contributed by atoms with van der Waals surface area (Å²) in [4.78, 5) is 18.2. The number of nitrogens with one attached hydrogen (secondary N) is 1. The predicted octanol–water partition coefficient (Wildman–Crippen LogP) is 2.06. The van der Waals surface area contributed by atoms with Gasteiger partial charge in [0.2, 0.25) is 0 Å². The standard InChI is InChI=1S/C13H18BrN3O/c1-9(17(2)12-3-4-12)6-16-13(18)10-5-11(14)8-15-7-10/h5,7-9,12H,3-4,6H2,1-2H3,(H,16,18)/t9-/m0/s1. The number of rotatable bonds is 5. The molecule has 1 aromatic rings. The zero-order chi connectivity index (χ0) is 13.1. The van der Waals surface area contributed by atoms with Gasteiger partial charge in [-0.3, -0.25) is 14.7 Å². The third kappa shape index (κ3) is 3.53. The van der Waals surface area contributed by atoms with Gasteiger partial charge in [-0.05, 0) is 48.8 Å². The van der Waals surface area contributed by atoms with Crippen LogP contribution in [-0.2, 0) is 0 Å². The molecule has 0 spiro atoms. The molecule has 0 unspecified atom stereocenters. The van der Waals surface area contributed by atoms with Crippen LogP contribution >= 0.6 is 15.9 Å². The first-order valence-electron chi connectivity index (χ1n) is 6.18. The molecule has 1 fully saturated rings. The van der Waals surface area contributed by atoms with Crippen molar-refractivity contribution >= 4 is 21.8 Å². The third-order valence-electron chi connectivity index (χ3n) is 3.34. The number of hydrogen-bond acceptors (Lipinski definition) is 3. The average Bonchev–Trinajstić information content (AvgIpc) is 3.18. The quantitative estimate of drug-likeness (QED) is 0.905. The van der Waals surface area contributed by atoms with Crippen LogP contribution in [0.3, 0.4) is 0 Å². The zero-order valence-electron chi connectivity index (χ0n) is 10.7. The molecule has 1 saturated carbocycles. The molecule has 1 N–H and O–H groups in total. The molecule has 0 radical (unpaired) electrons. The summed E-state index contributed by atoms with van der Waals surface area (Å²) >= 11 is 3.31. The van der Waals surface area contributed by atoms with Gasteiger partial charge in [0.05, 0.1) is 5.56 Å². The normalized spacial score (nSPS) is 16.7. The topological polar surface area (TPSA) is 45.2 Å². The minimum Gasteiger partial charge on any atom is -0.350 e. The van der Waals surface area contributed by atoms with Gasteiger partial charge in [0.15, 0.2) is 0 Å². The number of halogens is 1. The van der Waals surface area contributed by atoms with Crippen molar-refractivity contribution in [3.8, 4) is 0 Å². The van der Waals surface area contributed by atoms with Gasteiger partial charge in [-0.1, -0.05) is 0 Å². The smallest absolute Gasteiger partial charge is 0.252 e. The van der Waals surface area contributed by atoms with Crippen LogP contribution in [0.25, 0.3) is 0 Å². The van der Waals surface area contributed by atoms with Crippen molar-refractivity contribution in [2.45, 2.75) is 31.8 Å². The Labute approximate surface area is 116 Å². The largest absolute Gasteiger partial charge is 0.350 e. The molecule has 98 valence electrons. The molecule has 2 rings (SSSR count). The molecule has 1 atom stereocenters. The van der Waals surface area contributed by atoms with Gasteiger partial charge < -0.3 is 5.32 Å². The summed E-state index contributed by atoms with van der Waals surface area (Å²) < 4.78 is 0.818. The molecule has 1 amide bonds. The lowest BCUT2D eigenvalue weighted by Crippen LogP contribution is -2.41. The molecule has 0 aromatic carbocycles. The van der Waals surface area contributed by atoms with Crippen LogP contribution in [0.5, 0.6) is 0 Å². The number of likely N-dealkylation sites (N-methyl/N-ethyl adjacent to an activating group) is 1. The fourth-order valence-corrected chi connectivity index (χ4v) is 2.23. The molecular formula is C13H18BrN3O. The first kappa shape index (κ1) is 13.5. The van der Waals surface area contributed by atoms with E-state index in [1.54, 1.807) is 18.5 Å². The summed E-state index contributed by atoms with van der Waals surface area (Å²) in [7, 11) is 2.12. The maximum absolute atomic E-state index is 11.9. The molecule has 18 heavy (non-hydrogen) atoms. The Morgan fingerprint density at radius 2 is 2.33 bits per heavy atom. The maximum atomic E-state index is 11.9. The summed E-state index contributed by atoms with van der Waals surface area (Å²) in [5, 5.41) is 2.95. The molecule has 1 heterocycles. The second-order valence-electron chi connectivity index (χ2n) is 4.85. The lowest BCUT2D eigenvalue weighted by molar-refractivity contribution is 0.0939. The van der Waals surface area contributed by atoms with Gasteiger partial charge in [-0.25, -0.2) is 0 Å². The Balaban J connectivity index is 1.84. The number of nitrogens with zero attached hydrogens (tertiary/aromatic N) is 2. The van der Waals surface area contributed by atoms with Crippen molar-refractivity contribution in [1.82, 2.24) is 15.2 Å². The van der Waals surface area contributed by atoms with Crippen molar-refractivity contribution in [2.75, 3.05) is 13.6 Å². The van der Waals surface area contributed by atoms with Crippen molar-refractivity contribution in [2.24, 2.45) is 0 Å². The summed E-state index contributed by atoms with van der Waals surface area (Å²) in [6, 6.07) is 2.85. The van der Waals surface area contributed by atoms with Crippen molar-refractivity contribution in [3.63, 3.8) is 0 Å². The van der Waals surface area contributed by atoms with Crippen LogP contribution in [0, 0.1) is 0 Å². The van der Waals surface area contributed by atoms with Crippen LogP contribution in [0.4, 0.5) is 0 Å². The van der Waals surface area contributed by atoms with E-state index in [0.717, 1.165) is 4.47 Å². The average molecular weight is 312 g/mol. The molecular weight excluding hydrogens is 294 g/mol. The number of aromatic nitrogens is 1. The highest BCUT2D eigenvalue weighted by molar-refractivity contribution is 9.10. The van der Waals surface area contributed by atoms with Crippen LogP contribution in [0.1, 0.15) is 30.1 Å². The number of carbonyl (C=O) groups excluding carboxylic acids is 1. The molecule has 0 saturated heterocycles. The predicted molar refractivity (Wildman–Crippen MR) is 74.5 cm³/mol. The van der Waals surface area contributed by atoms with E-state index in [1.165, 1.54) is 12.8 Å². The lowest BCUT2D eigenvalue weighted by Gasteiger charge is -2.24. The first-order valence-corrected chi connectivity index (χ1v) is 6.98. The first-order chi connectivity index (χ1) is 8.58. The van der Waals surface area contributed by atoms with E-state index in [-0.39, 0.29) is 5.91 Å². The maximum Gasteiger partial charge on any atom is 0.252 e. The Hall–Kier alpha value is -0.940. The van der Waals surface area contributed by atoms with Crippen molar-refractivity contribution in [1.29, 1.82) is 0 Å². The summed E-state index contributed by atoms with van der Waals surface area (Å²) in [6.45, 7) is 2.80. The summed E-state index contributed by atoms with van der Waals surface area (Å²) in [5.41, 5.74) is 0.589. The second-order valence-corrected chi connectivity index (χ2v) is 5.76. The highest BCUT2D eigenvalue weighted by atomic mass is 79.9. The number of amides is 1. The molecule has 0 aliphatic heterocycles.